The van der Waals surface area contributed by atoms with E-state index >= 15 is 0 Å². The van der Waals surface area contributed by atoms with Gasteiger partial charge in [0.05, 0.1) is 36.5 Å². The van der Waals surface area contributed by atoms with Crippen LogP contribution in [0.4, 0.5) is 15.8 Å². The van der Waals surface area contributed by atoms with Crippen LogP contribution in [-0.2, 0) is 4.74 Å². The van der Waals surface area contributed by atoms with E-state index in [4.69, 9.17) is 10.5 Å². The third-order valence-corrected chi connectivity index (χ3v) is 4.93. The van der Waals surface area contributed by atoms with E-state index in [2.05, 4.69) is 16.8 Å². The highest BCUT2D eigenvalue weighted by Crippen LogP contribution is 2.28. The van der Waals surface area contributed by atoms with E-state index in [9.17, 15) is 4.39 Å². The average Bonchev–Trinajstić information content (AvgIpc) is 2.94. The summed E-state index contributed by atoms with van der Waals surface area (Å²) in [5.74, 6) is 0.478. The summed E-state index contributed by atoms with van der Waals surface area (Å²) in [6, 6.07) is 0. The van der Waals surface area contributed by atoms with Crippen LogP contribution in [0.25, 0.3) is 0 Å². The first-order chi connectivity index (χ1) is 11.1. The standard InChI is InChI=1S/C17H27FN4O/c1-13-2-5-21(12-13)8-9-23-14-3-6-22(7-4-14)17-15(18)10-20-11-16(17)19/h10-11,13-14H,2-9,12,19H2,1H3. The van der Waals surface area contributed by atoms with E-state index in [1.54, 1.807) is 0 Å². The summed E-state index contributed by atoms with van der Waals surface area (Å²) in [5.41, 5.74) is 6.77. The largest absolute Gasteiger partial charge is 0.396 e. The lowest BCUT2D eigenvalue weighted by Crippen LogP contribution is -2.38. The monoisotopic (exact) mass is 322 g/mol. The Kier molecular flexibility index (Phi) is 5.33. The Morgan fingerprint density at radius 3 is 2.70 bits per heavy atom. The molecule has 0 bridgehead atoms. The molecular formula is C17H27FN4O. The fourth-order valence-electron chi connectivity index (χ4n) is 3.60. The first-order valence-corrected chi connectivity index (χ1v) is 8.61. The molecule has 1 aromatic heterocycles. The number of pyridine rings is 1. The van der Waals surface area contributed by atoms with Crippen LogP contribution in [-0.4, -0.2) is 55.3 Å². The highest BCUT2D eigenvalue weighted by atomic mass is 19.1. The van der Waals surface area contributed by atoms with Gasteiger partial charge in [-0.1, -0.05) is 6.92 Å². The van der Waals surface area contributed by atoms with E-state index in [-0.39, 0.29) is 11.9 Å². The maximum atomic E-state index is 13.9. The van der Waals surface area contributed by atoms with Crippen LogP contribution in [0.1, 0.15) is 26.2 Å². The minimum atomic E-state index is -0.340. The second-order valence-electron chi connectivity index (χ2n) is 6.81. The van der Waals surface area contributed by atoms with Crippen molar-refractivity contribution in [2.75, 3.05) is 50.0 Å². The van der Waals surface area contributed by atoms with Crippen LogP contribution in [0, 0.1) is 11.7 Å². The summed E-state index contributed by atoms with van der Waals surface area (Å²) in [4.78, 5) is 8.27. The predicted molar refractivity (Wildman–Crippen MR) is 90.0 cm³/mol. The van der Waals surface area contributed by atoms with Crippen molar-refractivity contribution in [1.82, 2.24) is 9.88 Å². The first kappa shape index (κ1) is 16.5. The highest BCUT2D eigenvalue weighted by molar-refractivity contribution is 5.67. The quantitative estimate of drug-likeness (QED) is 0.900. The van der Waals surface area contributed by atoms with E-state index in [0.717, 1.165) is 45.0 Å². The highest BCUT2D eigenvalue weighted by Gasteiger charge is 2.24. The van der Waals surface area contributed by atoms with Crippen LogP contribution in [0.5, 0.6) is 0 Å². The van der Waals surface area contributed by atoms with Crippen molar-refractivity contribution in [1.29, 1.82) is 0 Å². The molecule has 3 heterocycles. The third kappa shape index (κ3) is 4.12. The third-order valence-electron chi connectivity index (χ3n) is 4.93. The van der Waals surface area contributed by atoms with Crippen LogP contribution in [0.15, 0.2) is 12.4 Å². The Morgan fingerprint density at radius 1 is 1.26 bits per heavy atom. The molecule has 0 amide bonds. The molecule has 2 aliphatic rings. The summed E-state index contributed by atoms with van der Waals surface area (Å²) in [7, 11) is 0. The second kappa shape index (κ2) is 7.45. The molecule has 5 nitrogen and oxygen atoms in total. The fraction of sp³-hybridized carbons (Fsp3) is 0.706. The van der Waals surface area contributed by atoms with Crippen molar-refractivity contribution >= 4 is 11.4 Å². The Labute approximate surface area is 137 Å². The zero-order valence-electron chi connectivity index (χ0n) is 13.9. The van der Waals surface area contributed by atoms with Gasteiger partial charge < -0.3 is 20.3 Å². The molecule has 2 fully saturated rings. The molecule has 2 saturated heterocycles. The number of nitrogens with zero attached hydrogens (tertiary/aromatic N) is 3. The van der Waals surface area contributed by atoms with E-state index in [1.165, 1.54) is 31.9 Å². The Hall–Kier alpha value is -1.40. The van der Waals surface area contributed by atoms with Crippen LogP contribution in [0.2, 0.25) is 0 Å². The number of anilines is 2. The Bertz CT molecular complexity index is 499. The van der Waals surface area contributed by atoms with Gasteiger partial charge in [-0.3, -0.25) is 4.98 Å². The van der Waals surface area contributed by atoms with Gasteiger partial charge in [0.2, 0.25) is 0 Å². The van der Waals surface area contributed by atoms with Crippen molar-refractivity contribution in [3.05, 3.63) is 18.2 Å². The normalized spacial score (nSPS) is 23.6. The van der Waals surface area contributed by atoms with Gasteiger partial charge in [-0.2, -0.15) is 0 Å². The van der Waals surface area contributed by atoms with E-state index in [1.807, 2.05) is 4.90 Å². The predicted octanol–water partition coefficient (Wildman–Crippen LogP) is 2.13. The molecule has 2 aliphatic heterocycles. The molecule has 128 valence electrons. The number of likely N-dealkylation sites (tertiary alicyclic amines) is 1. The minimum Gasteiger partial charge on any atom is -0.396 e. The number of hydrogen-bond donors (Lipinski definition) is 1. The van der Waals surface area contributed by atoms with Crippen molar-refractivity contribution in [3.8, 4) is 0 Å². The maximum Gasteiger partial charge on any atom is 0.166 e. The van der Waals surface area contributed by atoms with Gasteiger partial charge in [0, 0.05) is 26.2 Å². The molecule has 0 radical (unpaired) electrons. The van der Waals surface area contributed by atoms with Gasteiger partial charge in [0.1, 0.15) is 0 Å². The van der Waals surface area contributed by atoms with Gasteiger partial charge in [-0.05, 0) is 31.7 Å². The number of hydrogen-bond acceptors (Lipinski definition) is 5. The zero-order valence-corrected chi connectivity index (χ0v) is 13.9. The van der Waals surface area contributed by atoms with E-state index < -0.39 is 0 Å². The minimum absolute atomic E-state index is 0.275. The van der Waals surface area contributed by atoms with E-state index in [0.29, 0.717) is 11.4 Å². The first-order valence-electron chi connectivity index (χ1n) is 8.61. The van der Waals surface area contributed by atoms with Crippen molar-refractivity contribution in [3.63, 3.8) is 0 Å². The summed E-state index contributed by atoms with van der Waals surface area (Å²) in [5, 5.41) is 0. The summed E-state index contributed by atoms with van der Waals surface area (Å²) >= 11 is 0. The molecular weight excluding hydrogens is 295 g/mol. The van der Waals surface area contributed by atoms with Gasteiger partial charge in [0.25, 0.3) is 0 Å². The van der Waals surface area contributed by atoms with Gasteiger partial charge in [-0.25, -0.2) is 4.39 Å². The zero-order chi connectivity index (χ0) is 16.2. The average molecular weight is 322 g/mol. The molecule has 0 aromatic carbocycles. The fourth-order valence-corrected chi connectivity index (χ4v) is 3.60. The number of nitrogen functional groups attached to an aromatic ring is 1. The number of ether oxygens (including phenoxy) is 1. The SMILES string of the molecule is CC1CCN(CCOC2CCN(c3c(N)cncc3F)CC2)C1. The summed E-state index contributed by atoms with van der Waals surface area (Å²) in [6.07, 6.45) is 6.15. The molecule has 6 heteroatoms. The number of aromatic nitrogens is 1. The molecule has 23 heavy (non-hydrogen) atoms. The van der Waals surface area contributed by atoms with Crippen molar-refractivity contribution < 1.29 is 9.13 Å². The lowest BCUT2D eigenvalue weighted by Gasteiger charge is -2.34. The Balaban J connectivity index is 1.42. The van der Waals surface area contributed by atoms with Gasteiger partial charge in [0.15, 0.2) is 5.82 Å². The molecule has 0 spiro atoms. The molecule has 2 N–H and O–H groups in total. The number of nitrogens with two attached hydrogens (primary N) is 1. The van der Waals surface area contributed by atoms with Gasteiger partial charge >= 0.3 is 0 Å². The number of rotatable bonds is 5. The maximum absolute atomic E-state index is 13.9. The smallest absolute Gasteiger partial charge is 0.166 e. The molecule has 1 aromatic rings. The number of piperidine rings is 1. The molecule has 1 atom stereocenters. The molecule has 0 saturated carbocycles. The molecule has 0 aliphatic carbocycles. The topological polar surface area (TPSA) is 54.6 Å². The Morgan fingerprint density at radius 2 is 2.04 bits per heavy atom. The summed E-state index contributed by atoms with van der Waals surface area (Å²) in [6.45, 7) is 8.07. The lowest BCUT2D eigenvalue weighted by molar-refractivity contribution is 0.0262. The summed E-state index contributed by atoms with van der Waals surface area (Å²) < 4.78 is 19.9. The molecule has 3 rings (SSSR count). The van der Waals surface area contributed by atoms with Crippen molar-refractivity contribution in [2.24, 2.45) is 5.92 Å². The number of halogens is 1. The van der Waals surface area contributed by atoms with Gasteiger partial charge in [-0.15, -0.1) is 0 Å². The van der Waals surface area contributed by atoms with Crippen LogP contribution >= 0.6 is 0 Å². The van der Waals surface area contributed by atoms with Crippen molar-refractivity contribution in [2.45, 2.75) is 32.3 Å². The lowest BCUT2D eigenvalue weighted by atomic mass is 10.1. The second-order valence-corrected chi connectivity index (χ2v) is 6.81. The van der Waals surface area contributed by atoms with Crippen LogP contribution < -0.4 is 10.6 Å². The molecule has 1 unspecified atom stereocenters. The van der Waals surface area contributed by atoms with Crippen LogP contribution in [0.3, 0.4) is 0 Å².